The number of alkyl carbamates (subject to hydrolysis) is 1. The van der Waals surface area contributed by atoms with Crippen molar-refractivity contribution in [3.63, 3.8) is 0 Å². The molecule has 0 radical (unpaired) electrons. The van der Waals surface area contributed by atoms with Crippen molar-refractivity contribution in [3.8, 4) is 0 Å². The molecule has 0 saturated carbocycles. The fourth-order valence-electron chi connectivity index (χ4n) is 1.12. The van der Waals surface area contributed by atoms with E-state index < -0.39 is 8.07 Å². The molecule has 82 valence electrons. The summed E-state index contributed by atoms with van der Waals surface area (Å²) in [6.45, 7) is 7.82. The first kappa shape index (κ1) is 11.9. The van der Waals surface area contributed by atoms with E-state index in [2.05, 4.69) is 25.0 Å². The van der Waals surface area contributed by atoms with E-state index in [1.165, 1.54) is 11.8 Å². The Morgan fingerprint density at radius 3 is 2.79 bits per heavy atom. The van der Waals surface area contributed by atoms with Gasteiger partial charge in [0.05, 0.1) is 6.54 Å². The molecule has 1 atom stereocenters. The number of cyclic esters (lactones) is 1. The Hall–Kier alpha value is -0.163. The van der Waals surface area contributed by atoms with E-state index in [1.807, 2.05) is 11.8 Å². The van der Waals surface area contributed by atoms with Crippen molar-refractivity contribution in [3.05, 3.63) is 0 Å². The van der Waals surface area contributed by atoms with Crippen LogP contribution in [-0.4, -0.2) is 38.3 Å². The van der Waals surface area contributed by atoms with Crippen LogP contribution in [0.4, 0.5) is 4.79 Å². The van der Waals surface area contributed by atoms with Gasteiger partial charge in [0, 0.05) is 13.8 Å². The van der Waals surface area contributed by atoms with Gasteiger partial charge in [0.25, 0.3) is 0 Å². The van der Waals surface area contributed by atoms with E-state index >= 15 is 0 Å². The Morgan fingerprint density at radius 2 is 2.29 bits per heavy atom. The first-order valence-corrected chi connectivity index (χ1v) is 9.86. The molecule has 14 heavy (non-hydrogen) atoms. The Bertz CT molecular complexity index is 205. The number of hydrogen-bond donors (Lipinski definition) is 1. The Kier molecular flexibility index (Phi) is 4.31. The summed E-state index contributed by atoms with van der Waals surface area (Å²) in [6, 6.07) is 1.34. The lowest BCUT2D eigenvalue weighted by molar-refractivity contribution is 0.150. The molecule has 0 aromatic rings. The molecule has 0 aliphatic carbocycles. The van der Waals surface area contributed by atoms with Gasteiger partial charge in [0.1, 0.15) is 6.10 Å². The fourth-order valence-corrected chi connectivity index (χ4v) is 4.76. The zero-order valence-electron chi connectivity index (χ0n) is 9.13. The normalized spacial score (nSPS) is 21.9. The van der Waals surface area contributed by atoms with E-state index in [-0.39, 0.29) is 12.2 Å². The van der Waals surface area contributed by atoms with Crippen molar-refractivity contribution in [2.45, 2.75) is 31.8 Å². The van der Waals surface area contributed by atoms with Gasteiger partial charge in [-0.15, -0.1) is 0 Å². The number of carbonyl (C=O) groups is 1. The highest BCUT2D eigenvalue weighted by atomic mass is 32.2. The van der Waals surface area contributed by atoms with E-state index in [0.717, 1.165) is 5.75 Å². The topological polar surface area (TPSA) is 38.3 Å². The van der Waals surface area contributed by atoms with Crippen LogP contribution in [0, 0.1) is 0 Å². The number of carbonyl (C=O) groups excluding carboxylic acids is 1. The average Bonchev–Trinajstić information content (AvgIpc) is 2.44. The van der Waals surface area contributed by atoms with Gasteiger partial charge in [-0.25, -0.2) is 4.79 Å². The van der Waals surface area contributed by atoms with Crippen LogP contribution in [0.1, 0.15) is 0 Å². The van der Waals surface area contributed by atoms with Crippen LogP contribution in [0.5, 0.6) is 0 Å². The van der Waals surface area contributed by atoms with Crippen LogP contribution < -0.4 is 5.32 Å². The van der Waals surface area contributed by atoms with Gasteiger partial charge in [-0.2, -0.15) is 11.8 Å². The van der Waals surface area contributed by atoms with E-state index in [4.69, 9.17) is 4.74 Å². The molecule has 0 aromatic carbocycles. The van der Waals surface area contributed by atoms with Crippen molar-refractivity contribution in [2.24, 2.45) is 0 Å². The predicted molar refractivity (Wildman–Crippen MR) is 63.7 cm³/mol. The third-order valence-corrected chi connectivity index (χ3v) is 5.26. The van der Waals surface area contributed by atoms with E-state index in [9.17, 15) is 4.79 Å². The fraction of sp³-hybridized carbons (Fsp3) is 0.889. The largest absolute Gasteiger partial charge is 0.443 e. The van der Waals surface area contributed by atoms with Crippen molar-refractivity contribution < 1.29 is 9.53 Å². The lowest BCUT2D eigenvalue weighted by Crippen LogP contribution is -2.21. The number of amides is 1. The maximum Gasteiger partial charge on any atom is 0.407 e. The highest BCUT2D eigenvalue weighted by molar-refractivity contribution is 7.99. The summed E-state index contributed by atoms with van der Waals surface area (Å²) in [7, 11) is -0.892. The second-order valence-corrected chi connectivity index (χ2v) is 11.6. The lowest BCUT2D eigenvalue weighted by atomic mass is 10.4. The molecule has 1 rings (SSSR count). The molecule has 0 aromatic heterocycles. The maximum atomic E-state index is 10.7. The minimum Gasteiger partial charge on any atom is -0.443 e. The van der Waals surface area contributed by atoms with Crippen LogP contribution in [0.15, 0.2) is 0 Å². The Morgan fingerprint density at radius 1 is 1.57 bits per heavy atom. The third kappa shape index (κ3) is 4.90. The minimum absolute atomic E-state index is 0.0918. The maximum absolute atomic E-state index is 10.7. The quantitative estimate of drug-likeness (QED) is 0.584. The molecule has 1 heterocycles. The molecule has 1 aliphatic rings. The van der Waals surface area contributed by atoms with E-state index in [0.29, 0.717) is 6.54 Å². The zero-order valence-corrected chi connectivity index (χ0v) is 10.9. The SMILES string of the molecule is C[Si](C)(C)CCSCC1CNC(=O)O1. The van der Waals surface area contributed by atoms with Gasteiger partial charge < -0.3 is 10.1 Å². The molecule has 1 saturated heterocycles. The second-order valence-electron chi connectivity index (χ2n) is 4.79. The molecule has 1 N–H and O–H groups in total. The summed E-state index contributed by atoms with van der Waals surface area (Å²) in [5.41, 5.74) is 0. The Balaban J connectivity index is 2.02. The molecule has 0 bridgehead atoms. The summed E-state index contributed by atoms with van der Waals surface area (Å²) in [4.78, 5) is 10.7. The summed E-state index contributed by atoms with van der Waals surface area (Å²) in [5, 5.41) is 2.66. The van der Waals surface area contributed by atoms with Gasteiger partial charge in [0.2, 0.25) is 0 Å². The van der Waals surface area contributed by atoms with Crippen LogP contribution in [0.2, 0.25) is 25.7 Å². The molecule has 1 fully saturated rings. The third-order valence-electron chi connectivity index (χ3n) is 2.05. The molecular weight excluding hydrogens is 214 g/mol. The van der Waals surface area contributed by atoms with E-state index in [1.54, 1.807) is 0 Å². The van der Waals surface area contributed by atoms with Gasteiger partial charge in [-0.05, 0) is 11.8 Å². The van der Waals surface area contributed by atoms with Crippen molar-refractivity contribution in [2.75, 3.05) is 18.1 Å². The molecule has 3 nitrogen and oxygen atoms in total. The second kappa shape index (κ2) is 5.07. The molecule has 1 unspecified atom stereocenters. The van der Waals surface area contributed by atoms with Gasteiger partial charge in [0.15, 0.2) is 0 Å². The molecule has 0 spiro atoms. The number of hydrogen-bond acceptors (Lipinski definition) is 3. The summed E-state index contributed by atoms with van der Waals surface area (Å²) >= 11 is 1.90. The number of rotatable bonds is 5. The van der Waals surface area contributed by atoms with Gasteiger partial charge in [-0.1, -0.05) is 19.6 Å². The van der Waals surface area contributed by atoms with Crippen LogP contribution in [-0.2, 0) is 4.74 Å². The number of ether oxygens (including phenoxy) is 1. The van der Waals surface area contributed by atoms with Crippen molar-refractivity contribution in [1.29, 1.82) is 0 Å². The predicted octanol–water partition coefficient (Wildman–Crippen LogP) is 2.17. The average molecular weight is 233 g/mol. The molecule has 5 heteroatoms. The first-order chi connectivity index (χ1) is 6.47. The van der Waals surface area contributed by atoms with Crippen LogP contribution in [0.25, 0.3) is 0 Å². The number of thioether (sulfide) groups is 1. The standard InChI is InChI=1S/C9H19NO2SSi/c1-14(2,3)5-4-13-7-8-6-10-9(11)12-8/h8H,4-7H2,1-3H3,(H,10,11). The highest BCUT2D eigenvalue weighted by Crippen LogP contribution is 2.16. The minimum atomic E-state index is -0.892. The highest BCUT2D eigenvalue weighted by Gasteiger charge is 2.22. The molecule has 1 amide bonds. The molecule has 1 aliphatic heterocycles. The van der Waals surface area contributed by atoms with Crippen molar-refractivity contribution >= 4 is 25.9 Å². The summed E-state index contributed by atoms with van der Waals surface area (Å²) in [5.74, 6) is 2.13. The van der Waals surface area contributed by atoms with Gasteiger partial charge >= 0.3 is 6.09 Å². The monoisotopic (exact) mass is 233 g/mol. The lowest BCUT2D eigenvalue weighted by Gasteiger charge is -2.15. The zero-order chi connectivity index (χ0) is 10.6. The van der Waals surface area contributed by atoms with Crippen molar-refractivity contribution in [1.82, 2.24) is 5.32 Å². The first-order valence-electron chi connectivity index (χ1n) is 4.99. The molecular formula is C9H19NO2SSi. The summed E-state index contributed by atoms with van der Waals surface area (Å²) in [6.07, 6.45) is -0.171. The number of nitrogens with one attached hydrogen (secondary N) is 1. The van der Waals surface area contributed by atoms with Crippen LogP contribution >= 0.6 is 11.8 Å². The Labute approximate surface area is 91.0 Å². The smallest absolute Gasteiger partial charge is 0.407 e. The van der Waals surface area contributed by atoms with Gasteiger partial charge in [-0.3, -0.25) is 0 Å². The summed E-state index contributed by atoms with van der Waals surface area (Å²) < 4.78 is 5.03. The van der Waals surface area contributed by atoms with Crippen LogP contribution in [0.3, 0.4) is 0 Å².